The number of methoxy groups -OCH3 is 1. The molecule has 0 radical (unpaired) electrons. The molecule has 2 aliphatic rings. The summed E-state index contributed by atoms with van der Waals surface area (Å²) in [4.78, 5) is 20.5. The Bertz CT molecular complexity index is 1420. The van der Waals surface area contributed by atoms with E-state index in [4.69, 9.17) is 21.1 Å². The van der Waals surface area contributed by atoms with Gasteiger partial charge in [-0.2, -0.15) is 4.31 Å². The van der Waals surface area contributed by atoms with Crippen LogP contribution < -0.4 is 20.1 Å². The number of aromatic amines is 1. The number of H-pyrrole nitrogens is 1. The monoisotopic (exact) mass is 531 g/mol. The summed E-state index contributed by atoms with van der Waals surface area (Å²) in [7, 11) is -1.76. The van der Waals surface area contributed by atoms with E-state index in [2.05, 4.69) is 20.6 Å². The summed E-state index contributed by atoms with van der Waals surface area (Å²) in [6.07, 6.45) is 5.78. The Morgan fingerprint density at radius 1 is 1.31 bits per heavy atom. The van der Waals surface area contributed by atoms with Crippen molar-refractivity contribution in [3.8, 4) is 22.8 Å². The predicted molar refractivity (Wildman–Crippen MR) is 137 cm³/mol. The maximum Gasteiger partial charge on any atom is 0.255 e. The van der Waals surface area contributed by atoms with Crippen LogP contribution in [0, 0.1) is 0 Å². The van der Waals surface area contributed by atoms with Crippen LogP contribution in [0.1, 0.15) is 22.5 Å². The van der Waals surface area contributed by atoms with Gasteiger partial charge in [-0.25, -0.2) is 8.42 Å². The normalized spacial score (nSPS) is 17.6. The van der Waals surface area contributed by atoms with Crippen LogP contribution in [-0.2, 0) is 16.4 Å². The molecule has 2 aromatic heterocycles. The number of sulfonamides is 1. The molecule has 1 fully saturated rings. The third-order valence-electron chi connectivity index (χ3n) is 6.40. The van der Waals surface area contributed by atoms with E-state index in [0.29, 0.717) is 64.2 Å². The number of benzene rings is 1. The molecule has 1 amide bonds. The van der Waals surface area contributed by atoms with Gasteiger partial charge in [0.2, 0.25) is 10.0 Å². The average molecular weight is 532 g/mol. The van der Waals surface area contributed by atoms with E-state index >= 15 is 0 Å². The van der Waals surface area contributed by atoms with Crippen molar-refractivity contribution in [3.05, 3.63) is 52.9 Å². The number of ether oxygens (including phenoxy) is 2. The van der Waals surface area contributed by atoms with Gasteiger partial charge in [-0.1, -0.05) is 17.7 Å². The zero-order chi connectivity index (χ0) is 25.4. The van der Waals surface area contributed by atoms with Gasteiger partial charge in [-0.15, -0.1) is 0 Å². The van der Waals surface area contributed by atoms with Gasteiger partial charge in [0.1, 0.15) is 12.4 Å². The van der Waals surface area contributed by atoms with E-state index in [1.54, 1.807) is 30.6 Å². The maximum atomic E-state index is 12.9. The number of rotatable bonds is 8. The SMILES string of the molecule is COc1c(Cl)cccc1Nc1c(-c2ccncc2OC[C@H]2CCN2S(C)(=O)=O)[nH]c2c1C(=O)NCC2. The number of aromatic nitrogens is 2. The maximum absolute atomic E-state index is 12.9. The quantitative estimate of drug-likeness (QED) is 0.407. The molecule has 3 N–H and O–H groups in total. The highest BCUT2D eigenvalue weighted by atomic mass is 35.5. The Balaban J connectivity index is 1.54. The molecule has 0 spiro atoms. The van der Waals surface area contributed by atoms with E-state index < -0.39 is 10.0 Å². The first-order valence-electron chi connectivity index (χ1n) is 11.4. The molecule has 0 saturated carbocycles. The van der Waals surface area contributed by atoms with Crippen molar-refractivity contribution in [1.29, 1.82) is 0 Å². The number of amides is 1. The summed E-state index contributed by atoms with van der Waals surface area (Å²) < 4.78 is 36.9. The van der Waals surface area contributed by atoms with E-state index in [1.807, 2.05) is 6.07 Å². The van der Waals surface area contributed by atoms with E-state index in [-0.39, 0.29) is 18.6 Å². The van der Waals surface area contributed by atoms with Gasteiger partial charge in [-0.05, 0) is 24.6 Å². The van der Waals surface area contributed by atoms with E-state index in [0.717, 1.165) is 12.1 Å². The van der Waals surface area contributed by atoms with Crippen molar-refractivity contribution in [3.63, 3.8) is 0 Å². The third kappa shape index (κ3) is 4.49. The Hall–Kier alpha value is -3.28. The van der Waals surface area contributed by atoms with Crippen molar-refractivity contribution in [1.82, 2.24) is 19.6 Å². The van der Waals surface area contributed by atoms with E-state index in [1.165, 1.54) is 17.7 Å². The Morgan fingerprint density at radius 2 is 2.14 bits per heavy atom. The minimum atomic E-state index is -3.29. The zero-order valence-corrected chi connectivity index (χ0v) is 21.4. The zero-order valence-electron chi connectivity index (χ0n) is 19.8. The fourth-order valence-electron chi connectivity index (χ4n) is 4.56. The molecule has 190 valence electrons. The molecule has 1 atom stereocenters. The first-order valence-corrected chi connectivity index (χ1v) is 13.7. The second-order valence-corrected chi connectivity index (χ2v) is 11.0. The predicted octanol–water partition coefficient (Wildman–Crippen LogP) is 3.18. The van der Waals surface area contributed by atoms with Gasteiger partial charge in [0.15, 0.2) is 5.75 Å². The number of hydrogen-bond donors (Lipinski definition) is 3. The summed E-state index contributed by atoms with van der Waals surface area (Å²) in [5.74, 6) is 0.725. The standard InChI is InChI=1S/C24H26ClN5O5S/c1-34-23-16(25)4-3-5-18(23)29-22-20-17(7-10-27-24(20)31)28-21(22)15-6-9-26-12-19(15)35-13-14-8-11-30(14)36(2,32)33/h3-6,9,12,14,28-29H,7-8,10-11,13H2,1-2H3,(H,27,31)/t14-/m1/s1. The number of para-hydroxylation sites is 1. The molecule has 0 bridgehead atoms. The number of carbonyl (C=O) groups is 1. The molecule has 5 rings (SSSR count). The molecular weight excluding hydrogens is 506 g/mol. The number of carbonyl (C=O) groups excluding carboxylic acids is 1. The second kappa shape index (κ2) is 9.64. The molecule has 4 heterocycles. The third-order valence-corrected chi connectivity index (χ3v) is 8.03. The molecule has 10 nitrogen and oxygen atoms in total. The number of halogens is 1. The Morgan fingerprint density at radius 3 is 2.86 bits per heavy atom. The van der Waals surface area contributed by atoms with Crippen LogP contribution in [0.3, 0.4) is 0 Å². The van der Waals surface area contributed by atoms with Gasteiger partial charge in [0.25, 0.3) is 5.91 Å². The summed E-state index contributed by atoms with van der Waals surface area (Å²) in [6.45, 7) is 1.20. The first-order chi connectivity index (χ1) is 17.3. The van der Waals surface area contributed by atoms with Gasteiger partial charge < -0.3 is 25.1 Å². The van der Waals surface area contributed by atoms with Crippen LogP contribution in [0.2, 0.25) is 5.02 Å². The Labute approximate surface area is 214 Å². The molecule has 3 aromatic rings. The minimum Gasteiger partial charge on any atom is -0.493 e. The highest BCUT2D eigenvalue weighted by Crippen LogP contribution is 2.43. The van der Waals surface area contributed by atoms with Gasteiger partial charge in [-0.3, -0.25) is 9.78 Å². The lowest BCUT2D eigenvalue weighted by molar-refractivity contribution is 0.0947. The number of pyridine rings is 1. The first kappa shape index (κ1) is 24.4. The average Bonchev–Trinajstić information content (AvgIpc) is 3.17. The lowest BCUT2D eigenvalue weighted by atomic mass is 10.0. The van der Waals surface area contributed by atoms with Crippen molar-refractivity contribution in [2.75, 3.05) is 38.4 Å². The summed E-state index contributed by atoms with van der Waals surface area (Å²) >= 11 is 6.33. The Kier molecular flexibility index (Phi) is 6.54. The van der Waals surface area contributed by atoms with Gasteiger partial charge in [0, 0.05) is 37.0 Å². The van der Waals surface area contributed by atoms with Crippen LogP contribution in [0.15, 0.2) is 36.7 Å². The van der Waals surface area contributed by atoms with Crippen LogP contribution in [0.5, 0.6) is 11.5 Å². The van der Waals surface area contributed by atoms with Crippen molar-refractivity contribution in [2.24, 2.45) is 0 Å². The van der Waals surface area contributed by atoms with Crippen molar-refractivity contribution < 1.29 is 22.7 Å². The molecule has 0 aliphatic carbocycles. The lowest BCUT2D eigenvalue weighted by Gasteiger charge is -2.38. The topological polar surface area (TPSA) is 126 Å². The molecule has 1 aromatic carbocycles. The van der Waals surface area contributed by atoms with Crippen molar-refractivity contribution >= 4 is 38.9 Å². The second-order valence-electron chi connectivity index (χ2n) is 8.68. The molecule has 12 heteroatoms. The summed E-state index contributed by atoms with van der Waals surface area (Å²) in [5, 5.41) is 6.67. The minimum absolute atomic E-state index is 0.192. The van der Waals surface area contributed by atoms with E-state index in [9.17, 15) is 13.2 Å². The fraction of sp³-hybridized carbons (Fsp3) is 0.333. The van der Waals surface area contributed by atoms with Crippen LogP contribution in [-0.4, -0.2) is 67.7 Å². The van der Waals surface area contributed by atoms with Crippen LogP contribution in [0.4, 0.5) is 11.4 Å². The highest BCUT2D eigenvalue weighted by molar-refractivity contribution is 7.88. The van der Waals surface area contributed by atoms with Gasteiger partial charge >= 0.3 is 0 Å². The van der Waals surface area contributed by atoms with Crippen LogP contribution in [0.25, 0.3) is 11.3 Å². The number of hydrogen-bond acceptors (Lipinski definition) is 7. The summed E-state index contributed by atoms with van der Waals surface area (Å²) in [6, 6.07) is 6.89. The number of fused-ring (bicyclic) bond motifs is 1. The molecular formula is C24H26ClN5O5S. The van der Waals surface area contributed by atoms with Crippen molar-refractivity contribution in [2.45, 2.75) is 18.9 Å². The largest absolute Gasteiger partial charge is 0.493 e. The van der Waals surface area contributed by atoms with Gasteiger partial charge in [0.05, 0.1) is 53.3 Å². The number of anilines is 2. The fourth-order valence-corrected chi connectivity index (χ4v) is 5.96. The summed E-state index contributed by atoms with van der Waals surface area (Å²) in [5.41, 5.74) is 3.78. The number of nitrogens with zero attached hydrogens (tertiary/aromatic N) is 2. The van der Waals surface area contributed by atoms with Crippen LogP contribution >= 0.6 is 11.6 Å². The molecule has 2 aliphatic heterocycles. The smallest absolute Gasteiger partial charge is 0.255 e. The molecule has 1 saturated heterocycles. The lowest BCUT2D eigenvalue weighted by Crippen LogP contribution is -2.53. The highest BCUT2D eigenvalue weighted by Gasteiger charge is 2.36. The number of nitrogens with one attached hydrogen (secondary N) is 3. The molecule has 36 heavy (non-hydrogen) atoms. The molecule has 0 unspecified atom stereocenters.